The van der Waals surface area contributed by atoms with Crippen LogP contribution in [-0.4, -0.2) is 15.0 Å². The first-order valence-corrected chi connectivity index (χ1v) is 8.44. The van der Waals surface area contributed by atoms with Crippen molar-refractivity contribution in [2.24, 2.45) is 0 Å². The molecule has 0 radical (unpaired) electrons. The molecule has 1 aliphatic rings. The summed E-state index contributed by atoms with van der Waals surface area (Å²) in [6.45, 7) is 6.60. The Kier molecular flexibility index (Phi) is 3.58. The minimum atomic E-state index is 0.410. The van der Waals surface area contributed by atoms with Crippen LogP contribution in [0.4, 0.5) is 5.69 Å². The Morgan fingerprint density at radius 2 is 2.32 bits per heavy atom. The molecule has 0 aliphatic carbocycles. The molecule has 0 aromatic carbocycles. The molecule has 1 aliphatic heterocycles. The Balaban J connectivity index is 1.80. The van der Waals surface area contributed by atoms with Gasteiger partial charge in [-0.05, 0) is 37.3 Å². The molecular formula is C14H19N3S2. The summed E-state index contributed by atoms with van der Waals surface area (Å²) in [5.41, 5.74) is 2.57. The number of nitrogens with one attached hydrogen (secondary N) is 1. The van der Waals surface area contributed by atoms with Gasteiger partial charge in [0.05, 0.1) is 22.1 Å². The molecular weight excluding hydrogens is 274 g/mol. The summed E-state index contributed by atoms with van der Waals surface area (Å²) < 4.78 is 3.46. The topological polar surface area (TPSA) is 29.9 Å². The molecule has 5 heteroatoms. The first kappa shape index (κ1) is 13.1. The van der Waals surface area contributed by atoms with E-state index in [0.717, 1.165) is 5.69 Å². The fraction of sp³-hybridized carbons (Fsp3) is 0.500. The molecule has 3 nitrogen and oxygen atoms in total. The molecule has 3 rings (SSSR count). The van der Waals surface area contributed by atoms with E-state index in [1.165, 1.54) is 16.2 Å². The second kappa shape index (κ2) is 5.21. The molecule has 0 fully saturated rings. The molecule has 0 spiro atoms. The highest BCUT2D eigenvalue weighted by atomic mass is 32.2. The van der Waals surface area contributed by atoms with Gasteiger partial charge in [-0.15, -0.1) is 23.1 Å². The predicted octanol–water partition coefficient (Wildman–Crippen LogP) is 4.56. The zero-order chi connectivity index (χ0) is 13.4. The number of anilines is 1. The third-order valence-corrected chi connectivity index (χ3v) is 5.73. The lowest BCUT2D eigenvalue weighted by Crippen LogP contribution is -2.18. The van der Waals surface area contributed by atoms with Gasteiger partial charge in [-0.25, -0.2) is 0 Å². The fourth-order valence-electron chi connectivity index (χ4n) is 2.38. The molecule has 0 bridgehead atoms. The van der Waals surface area contributed by atoms with E-state index < -0.39 is 0 Å². The highest BCUT2D eigenvalue weighted by Gasteiger charge is 2.26. The SMILES string of the molecule is CC(C)n1cc(NC2C[C@H](C)Sc3sccc32)cn1. The Morgan fingerprint density at radius 1 is 1.47 bits per heavy atom. The summed E-state index contributed by atoms with van der Waals surface area (Å²) >= 11 is 3.86. The standard InChI is InChI=1S/C14H19N3S2/c1-9(2)17-8-11(7-15-17)16-13-6-10(3)19-14-12(13)4-5-18-14/h4-5,7-10,13,16H,6H2,1-3H3/t10-,13?/m0/s1. The van der Waals surface area contributed by atoms with E-state index >= 15 is 0 Å². The van der Waals surface area contributed by atoms with Gasteiger partial charge in [0.1, 0.15) is 0 Å². The zero-order valence-electron chi connectivity index (χ0n) is 11.5. The van der Waals surface area contributed by atoms with Crippen LogP contribution in [0.1, 0.15) is 44.8 Å². The molecule has 2 aromatic heterocycles. The maximum Gasteiger partial charge on any atom is 0.0731 e. The number of thioether (sulfide) groups is 1. The monoisotopic (exact) mass is 293 g/mol. The van der Waals surface area contributed by atoms with Crippen LogP contribution in [0.3, 0.4) is 0 Å². The summed E-state index contributed by atoms with van der Waals surface area (Å²) in [6, 6.07) is 3.08. The van der Waals surface area contributed by atoms with Gasteiger partial charge in [0.25, 0.3) is 0 Å². The molecule has 0 saturated carbocycles. The average Bonchev–Trinajstić information content (AvgIpc) is 2.96. The van der Waals surface area contributed by atoms with Crippen LogP contribution in [0.2, 0.25) is 0 Å². The van der Waals surface area contributed by atoms with E-state index in [1.807, 2.05) is 34.0 Å². The molecule has 2 aromatic rings. The van der Waals surface area contributed by atoms with Crippen LogP contribution < -0.4 is 5.32 Å². The normalized spacial score (nSPS) is 22.5. The van der Waals surface area contributed by atoms with E-state index in [1.54, 1.807) is 0 Å². The molecule has 0 amide bonds. The van der Waals surface area contributed by atoms with Crippen LogP contribution in [0.25, 0.3) is 0 Å². The van der Waals surface area contributed by atoms with Crippen LogP contribution in [0.5, 0.6) is 0 Å². The van der Waals surface area contributed by atoms with Gasteiger partial charge in [0, 0.05) is 17.5 Å². The summed E-state index contributed by atoms with van der Waals surface area (Å²) in [4.78, 5) is 0. The van der Waals surface area contributed by atoms with Crippen LogP contribution >= 0.6 is 23.1 Å². The Bertz CT molecular complexity index is 559. The molecule has 3 heterocycles. The second-order valence-electron chi connectivity index (χ2n) is 5.33. The van der Waals surface area contributed by atoms with Gasteiger partial charge < -0.3 is 5.32 Å². The number of nitrogens with zero attached hydrogens (tertiary/aromatic N) is 2. The number of rotatable bonds is 3. The van der Waals surface area contributed by atoms with Gasteiger partial charge >= 0.3 is 0 Å². The van der Waals surface area contributed by atoms with Crippen molar-refractivity contribution in [1.82, 2.24) is 9.78 Å². The lowest BCUT2D eigenvalue weighted by atomic mass is 10.0. The van der Waals surface area contributed by atoms with Crippen molar-refractivity contribution >= 4 is 28.8 Å². The van der Waals surface area contributed by atoms with Gasteiger partial charge in [0.2, 0.25) is 0 Å². The van der Waals surface area contributed by atoms with Crippen molar-refractivity contribution in [3.05, 3.63) is 29.4 Å². The van der Waals surface area contributed by atoms with Gasteiger partial charge in [-0.3, -0.25) is 4.68 Å². The summed E-state index contributed by atoms with van der Waals surface area (Å²) in [5, 5.41) is 10.9. The zero-order valence-corrected chi connectivity index (χ0v) is 13.1. The van der Waals surface area contributed by atoms with Gasteiger partial charge in [-0.2, -0.15) is 5.10 Å². The van der Waals surface area contributed by atoms with Crippen LogP contribution in [0, 0.1) is 0 Å². The molecule has 2 atom stereocenters. The van der Waals surface area contributed by atoms with E-state index in [2.05, 4.69) is 48.8 Å². The van der Waals surface area contributed by atoms with Crippen molar-refractivity contribution in [3.63, 3.8) is 0 Å². The Hall–Kier alpha value is -0.940. The van der Waals surface area contributed by atoms with Crippen molar-refractivity contribution in [3.8, 4) is 0 Å². The molecule has 19 heavy (non-hydrogen) atoms. The van der Waals surface area contributed by atoms with Crippen molar-refractivity contribution < 1.29 is 0 Å². The maximum absolute atomic E-state index is 4.40. The maximum atomic E-state index is 4.40. The van der Waals surface area contributed by atoms with Crippen LogP contribution in [-0.2, 0) is 0 Å². The first-order chi connectivity index (χ1) is 9.13. The predicted molar refractivity (Wildman–Crippen MR) is 83.2 cm³/mol. The Labute approximate surface area is 122 Å². The van der Waals surface area contributed by atoms with Crippen LogP contribution in [0.15, 0.2) is 28.0 Å². The van der Waals surface area contributed by atoms with Gasteiger partial charge in [-0.1, -0.05) is 6.92 Å². The van der Waals surface area contributed by atoms with Crippen molar-refractivity contribution in [2.75, 3.05) is 5.32 Å². The number of aromatic nitrogens is 2. The largest absolute Gasteiger partial charge is 0.376 e. The third kappa shape index (κ3) is 2.67. The quantitative estimate of drug-likeness (QED) is 0.899. The fourth-order valence-corrected chi connectivity index (χ4v) is 4.95. The lowest BCUT2D eigenvalue weighted by molar-refractivity contribution is 0.532. The van der Waals surface area contributed by atoms with E-state index in [0.29, 0.717) is 17.3 Å². The first-order valence-electron chi connectivity index (χ1n) is 6.68. The van der Waals surface area contributed by atoms with E-state index in [-0.39, 0.29) is 0 Å². The minimum Gasteiger partial charge on any atom is -0.376 e. The second-order valence-corrected chi connectivity index (χ2v) is 7.95. The molecule has 102 valence electrons. The lowest BCUT2D eigenvalue weighted by Gasteiger charge is -2.27. The van der Waals surface area contributed by atoms with E-state index in [4.69, 9.17) is 0 Å². The highest BCUT2D eigenvalue weighted by molar-refractivity contribution is 8.01. The summed E-state index contributed by atoms with van der Waals surface area (Å²) in [6.07, 6.45) is 5.20. The average molecular weight is 293 g/mol. The van der Waals surface area contributed by atoms with E-state index in [9.17, 15) is 0 Å². The molecule has 1 unspecified atom stereocenters. The van der Waals surface area contributed by atoms with Crippen molar-refractivity contribution in [2.45, 2.75) is 48.7 Å². The number of hydrogen-bond acceptors (Lipinski definition) is 4. The number of thiophene rings is 1. The smallest absolute Gasteiger partial charge is 0.0731 e. The number of fused-ring (bicyclic) bond motifs is 1. The molecule has 0 saturated heterocycles. The minimum absolute atomic E-state index is 0.410. The Morgan fingerprint density at radius 3 is 3.05 bits per heavy atom. The molecule has 1 N–H and O–H groups in total. The summed E-state index contributed by atoms with van der Waals surface area (Å²) in [7, 11) is 0. The van der Waals surface area contributed by atoms with Gasteiger partial charge in [0.15, 0.2) is 0 Å². The number of hydrogen-bond donors (Lipinski definition) is 1. The van der Waals surface area contributed by atoms with Crippen molar-refractivity contribution in [1.29, 1.82) is 0 Å². The highest BCUT2D eigenvalue weighted by Crippen LogP contribution is 2.44. The summed E-state index contributed by atoms with van der Waals surface area (Å²) in [5.74, 6) is 0. The third-order valence-electron chi connectivity index (χ3n) is 3.38.